The molecule has 39 heavy (non-hydrogen) atoms. The number of piperazine rings is 1. The molecule has 1 aromatic heterocycles. The molecule has 2 aliphatic heterocycles. The highest BCUT2D eigenvalue weighted by molar-refractivity contribution is 6.14. The zero-order valence-electron chi connectivity index (χ0n) is 22.9. The van der Waals surface area contributed by atoms with Gasteiger partial charge in [0.25, 0.3) is 5.91 Å². The van der Waals surface area contributed by atoms with Crippen LogP contribution < -0.4 is 14.5 Å². The van der Waals surface area contributed by atoms with Crippen LogP contribution in [0.4, 0.5) is 15.8 Å². The van der Waals surface area contributed by atoms with Crippen LogP contribution in [0.5, 0.6) is 5.75 Å². The minimum Gasteiger partial charge on any atom is -0.494 e. The molecule has 1 saturated heterocycles. The number of hydrogen-bond acceptors (Lipinski definition) is 4. The summed E-state index contributed by atoms with van der Waals surface area (Å²) < 4.78 is 21.1. The van der Waals surface area contributed by atoms with Crippen LogP contribution in [0, 0.1) is 5.82 Å². The Bertz CT molecular complexity index is 1520. The van der Waals surface area contributed by atoms with Crippen LogP contribution in [0.25, 0.3) is 10.9 Å². The summed E-state index contributed by atoms with van der Waals surface area (Å²) in [5.41, 5.74) is 6.32. The summed E-state index contributed by atoms with van der Waals surface area (Å²) in [4.78, 5) is 20.5. The van der Waals surface area contributed by atoms with Gasteiger partial charge in [0.15, 0.2) is 0 Å². The van der Waals surface area contributed by atoms with E-state index in [9.17, 15) is 9.18 Å². The zero-order valence-corrected chi connectivity index (χ0v) is 22.9. The van der Waals surface area contributed by atoms with Crippen LogP contribution in [0.2, 0.25) is 0 Å². The largest absolute Gasteiger partial charge is 0.494 e. The molecule has 0 bridgehead atoms. The Balaban J connectivity index is 1.18. The highest BCUT2D eigenvalue weighted by atomic mass is 19.1. The Hall–Kier alpha value is -3.84. The number of rotatable bonds is 5. The van der Waals surface area contributed by atoms with Crippen molar-refractivity contribution in [1.82, 2.24) is 9.47 Å². The van der Waals surface area contributed by atoms with Crippen molar-refractivity contribution < 1.29 is 13.9 Å². The number of aromatic nitrogens is 1. The molecular formula is C32H35FN4O2. The molecule has 1 atom stereocenters. The van der Waals surface area contributed by atoms with Gasteiger partial charge in [-0.05, 0) is 55.2 Å². The molecule has 4 aromatic rings. The number of benzene rings is 3. The third kappa shape index (κ3) is 4.65. The van der Waals surface area contributed by atoms with E-state index in [1.165, 1.54) is 23.3 Å². The van der Waals surface area contributed by atoms with Crippen molar-refractivity contribution in [2.45, 2.75) is 25.8 Å². The molecule has 0 N–H and O–H groups in total. The van der Waals surface area contributed by atoms with E-state index >= 15 is 0 Å². The zero-order chi connectivity index (χ0) is 27.1. The predicted octanol–water partition coefficient (Wildman–Crippen LogP) is 5.80. The number of carbonyl (C=O) groups is 1. The van der Waals surface area contributed by atoms with Gasteiger partial charge in [-0.25, -0.2) is 4.39 Å². The lowest BCUT2D eigenvalue weighted by Crippen LogP contribution is -2.47. The van der Waals surface area contributed by atoms with E-state index in [1.807, 2.05) is 47.0 Å². The van der Waals surface area contributed by atoms with E-state index in [1.54, 1.807) is 7.11 Å². The van der Waals surface area contributed by atoms with Crippen LogP contribution in [0.3, 0.4) is 0 Å². The Labute approximate surface area is 229 Å². The topological polar surface area (TPSA) is 41.0 Å². The van der Waals surface area contributed by atoms with Crippen molar-refractivity contribution >= 4 is 28.2 Å². The number of carbonyl (C=O) groups excluding carboxylic acids is 1. The third-order valence-corrected chi connectivity index (χ3v) is 8.42. The molecule has 1 unspecified atom stereocenters. The maximum atomic E-state index is 13.7. The van der Waals surface area contributed by atoms with E-state index in [0.29, 0.717) is 5.75 Å². The summed E-state index contributed by atoms with van der Waals surface area (Å²) >= 11 is 0. The van der Waals surface area contributed by atoms with E-state index in [-0.39, 0.29) is 17.8 Å². The molecule has 6 rings (SSSR count). The summed E-state index contributed by atoms with van der Waals surface area (Å²) in [7, 11) is 3.58. The van der Waals surface area contributed by atoms with Crippen molar-refractivity contribution in [3.63, 3.8) is 0 Å². The average molecular weight is 527 g/mol. The van der Waals surface area contributed by atoms with Gasteiger partial charge in [0, 0.05) is 74.7 Å². The summed E-state index contributed by atoms with van der Waals surface area (Å²) in [6.45, 7) is 6.51. The third-order valence-electron chi connectivity index (χ3n) is 8.42. The van der Waals surface area contributed by atoms with Crippen LogP contribution >= 0.6 is 0 Å². The molecule has 6 nitrogen and oxygen atoms in total. The van der Waals surface area contributed by atoms with E-state index in [4.69, 9.17) is 4.74 Å². The first-order valence-corrected chi connectivity index (χ1v) is 13.8. The standard InChI is InChI=1S/C32H35FN4O2/c1-22(35-15-17-36(18-16-35)30-13-11-25(33)20-31(30)39-3)23-10-12-28-24(19-23)7-6-14-37(28)32(38)27-21-34(2)29-9-5-4-8-26(27)29/h4-5,8-13,19-22H,6-7,14-18H2,1-3H3. The second kappa shape index (κ2) is 10.4. The van der Waals surface area contributed by atoms with Gasteiger partial charge in [-0.2, -0.15) is 0 Å². The molecule has 0 saturated carbocycles. The number of aryl methyl sites for hydroxylation is 2. The van der Waals surface area contributed by atoms with Crippen molar-refractivity contribution in [2.24, 2.45) is 7.05 Å². The SMILES string of the molecule is COc1cc(F)ccc1N1CCN(C(C)c2ccc3c(c2)CCCN3C(=O)c2cn(C)c3ccccc23)CC1. The second-order valence-electron chi connectivity index (χ2n) is 10.6. The molecule has 2 aliphatic rings. The van der Waals surface area contributed by atoms with Gasteiger partial charge in [0.2, 0.25) is 0 Å². The predicted molar refractivity (Wildman–Crippen MR) is 155 cm³/mol. The monoisotopic (exact) mass is 526 g/mol. The van der Waals surface area contributed by atoms with Crippen molar-refractivity contribution in [3.8, 4) is 5.75 Å². The summed E-state index contributed by atoms with van der Waals surface area (Å²) in [6, 6.07) is 19.7. The Morgan fingerprint density at radius 3 is 2.51 bits per heavy atom. The number of halogens is 1. The maximum absolute atomic E-state index is 13.7. The van der Waals surface area contributed by atoms with Gasteiger partial charge in [-0.1, -0.05) is 30.3 Å². The van der Waals surface area contributed by atoms with Crippen LogP contribution in [-0.4, -0.2) is 55.2 Å². The Kier molecular flexibility index (Phi) is 6.77. The molecule has 202 valence electrons. The normalized spacial score (nSPS) is 16.8. The fourth-order valence-corrected chi connectivity index (χ4v) is 6.22. The Morgan fingerprint density at radius 1 is 0.949 bits per heavy atom. The number of fused-ring (bicyclic) bond motifs is 2. The fourth-order valence-electron chi connectivity index (χ4n) is 6.22. The summed E-state index contributed by atoms with van der Waals surface area (Å²) in [6.07, 6.45) is 3.89. The number of ether oxygens (including phenoxy) is 1. The van der Waals surface area contributed by atoms with Crippen molar-refractivity contribution in [1.29, 1.82) is 0 Å². The number of methoxy groups -OCH3 is 1. The Morgan fingerprint density at radius 2 is 1.72 bits per heavy atom. The second-order valence-corrected chi connectivity index (χ2v) is 10.6. The average Bonchev–Trinajstić information content (AvgIpc) is 3.32. The van der Waals surface area contributed by atoms with Gasteiger partial charge in [-0.3, -0.25) is 9.69 Å². The van der Waals surface area contributed by atoms with Crippen molar-refractivity contribution in [2.75, 3.05) is 49.6 Å². The highest BCUT2D eigenvalue weighted by Gasteiger charge is 2.28. The molecule has 3 aromatic carbocycles. The molecule has 0 radical (unpaired) electrons. The minimum atomic E-state index is -0.285. The molecule has 1 fully saturated rings. The quantitative estimate of drug-likeness (QED) is 0.330. The molecular weight excluding hydrogens is 491 g/mol. The number of hydrogen-bond donors (Lipinski definition) is 0. The van der Waals surface area contributed by atoms with Gasteiger partial charge >= 0.3 is 0 Å². The van der Waals surface area contributed by atoms with Gasteiger partial charge in [-0.15, -0.1) is 0 Å². The van der Waals surface area contributed by atoms with E-state index in [0.717, 1.165) is 73.4 Å². The first kappa shape index (κ1) is 25.4. The van der Waals surface area contributed by atoms with Gasteiger partial charge in [0.1, 0.15) is 11.6 Å². The highest BCUT2D eigenvalue weighted by Crippen LogP contribution is 2.35. The lowest BCUT2D eigenvalue weighted by atomic mass is 9.95. The molecule has 0 spiro atoms. The smallest absolute Gasteiger partial charge is 0.260 e. The minimum absolute atomic E-state index is 0.0703. The first-order valence-electron chi connectivity index (χ1n) is 13.8. The van der Waals surface area contributed by atoms with Crippen molar-refractivity contribution in [3.05, 3.63) is 89.4 Å². The first-order chi connectivity index (χ1) is 18.9. The van der Waals surface area contributed by atoms with Crippen LogP contribution in [0.15, 0.2) is 66.9 Å². The number of para-hydroxylation sites is 1. The number of nitrogens with zero attached hydrogens (tertiary/aromatic N) is 4. The van der Waals surface area contributed by atoms with E-state index in [2.05, 4.69) is 41.0 Å². The fraction of sp³-hybridized carbons (Fsp3) is 0.344. The van der Waals surface area contributed by atoms with Gasteiger partial charge < -0.3 is 19.1 Å². The molecule has 1 amide bonds. The molecule has 0 aliphatic carbocycles. The van der Waals surface area contributed by atoms with E-state index < -0.39 is 0 Å². The number of amides is 1. The van der Waals surface area contributed by atoms with Crippen LogP contribution in [0.1, 0.15) is 40.9 Å². The van der Waals surface area contributed by atoms with Crippen LogP contribution in [-0.2, 0) is 13.5 Å². The number of anilines is 2. The van der Waals surface area contributed by atoms with Gasteiger partial charge in [0.05, 0.1) is 18.4 Å². The lowest BCUT2D eigenvalue weighted by Gasteiger charge is -2.40. The maximum Gasteiger partial charge on any atom is 0.260 e. The molecule has 3 heterocycles. The lowest BCUT2D eigenvalue weighted by molar-refractivity contribution is 0.0986. The summed E-state index contributed by atoms with van der Waals surface area (Å²) in [5.74, 6) is 0.363. The summed E-state index contributed by atoms with van der Waals surface area (Å²) in [5, 5.41) is 1.000. The molecule has 7 heteroatoms.